The summed E-state index contributed by atoms with van der Waals surface area (Å²) in [6.45, 7) is 3.21. The zero-order valence-electron chi connectivity index (χ0n) is 10.9. The SMILES string of the molecule is COc1cc(C(N)C(C)(C)S(C)(=O)=O)ccc1Cl. The lowest BCUT2D eigenvalue weighted by molar-refractivity contribution is 0.413. The fourth-order valence-corrected chi connectivity index (χ4v) is 2.29. The Morgan fingerprint density at radius 3 is 2.39 bits per heavy atom. The van der Waals surface area contributed by atoms with Crippen LogP contribution < -0.4 is 10.5 Å². The molecule has 0 aliphatic rings. The van der Waals surface area contributed by atoms with Crippen molar-refractivity contribution in [2.24, 2.45) is 5.73 Å². The molecule has 0 amide bonds. The highest BCUT2D eigenvalue weighted by Crippen LogP contribution is 2.34. The van der Waals surface area contributed by atoms with Crippen molar-refractivity contribution in [1.29, 1.82) is 0 Å². The van der Waals surface area contributed by atoms with Crippen molar-refractivity contribution < 1.29 is 13.2 Å². The smallest absolute Gasteiger partial charge is 0.154 e. The summed E-state index contributed by atoms with van der Waals surface area (Å²) in [6, 6.07) is 4.37. The molecule has 4 nitrogen and oxygen atoms in total. The second kappa shape index (κ2) is 5.07. The zero-order valence-corrected chi connectivity index (χ0v) is 12.5. The molecule has 1 aromatic rings. The molecule has 102 valence electrons. The fourth-order valence-electron chi connectivity index (χ4n) is 1.50. The lowest BCUT2D eigenvalue weighted by Gasteiger charge is -2.30. The molecule has 0 aliphatic carbocycles. The number of rotatable bonds is 4. The average Bonchev–Trinajstić information content (AvgIpc) is 2.27. The fraction of sp³-hybridized carbons (Fsp3) is 0.500. The molecular weight excluding hydrogens is 274 g/mol. The van der Waals surface area contributed by atoms with Gasteiger partial charge in [0, 0.05) is 12.3 Å². The van der Waals surface area contributed by atoms with Crippen molar-refractivity contribution in [1.82, 2.24) is 0 Å². The Morgan fingerprint density at radius 1 is 1.39 bits per heavy atom. The standard InChI is InChI=1S/C12H18ClNO3S/c1-12(2,18(4,15)16)11(14)8-5-6-9(13)10(7-8)17-3/h5-7,11H,14H2,1-4H3. The summed E-state index contributed by atoms with van der Waals surface area (Å²) in [5.74, 6) is 0.480. The molecule has 1 aromatic carbocycles. The van der Waals surface area contributed by atoms with Crippen LogP contribution in [0.3, 0.4) is 0 Å². The van der Waals surface area contributed by atoms with Gasteiger partial charge >= 0.3 is 0 Å². The lowest BCUT2D eigenvalue weighted by atomic mass is 9.96. The molecular formula is C12H18ClNO3S. The lowest BCUT2D eigenvalue weighted by Crippen LogP contribution is -2.42. The molecule has 0 aliphatic heterocycles. The van der Waals surface area contributed by atoms with Crippen molar-refractivity contribution in [3.05, 3.63) is 28.8 Å². The zero-order chi connectivity index (χ0) is 14.1. The van der Waals surface area contributed by atoms with Crippen LogP contribution in [-0.4, -0.2) is 26.5 Å². The molecule has 0 heterocycles. The highest BCUT2D eigenvalue weighted by Gasteiger charge is 2.37. The predicted octanol–water partition coefficient (Wildman–Crippen LogP) is 2.17. The minimum absolute atomic E-state index is 0.464. The Bertz CT molecular complexity index is 540. The number of hydrogen-bond donors (Lipinski definition) is 1. The van der Waals surface area contributed by atoms with Gasteiger partial charge in [-0.1, -0.05) is 17.7 Å². The first kappa shape index (κ1) is 15.3. The van der Waals surface area contributed by atoms with E-state index in [0.29, 0.717) is 16.3 Å². The second-order valence-electron chi connectivity index (χ2n) is 4.75. The van der Waals surface area contributed by atoms with E-state index in [4.69, 9.17) is 22.1 Å². The van der Waals surface area contributed by atoms with E-state index >= 15 is 0 Å². The van der Waals surface area contributed by atoms with Crippen molar-refractivity contribution in [3.63, 3.8) is 0 Å². The Hall–Kier alpha value is -0.780. The van der Waals surface area contributed by atoms with Crippen LogP contribution in [0, 0.1) is 0 Å². The van der Waals surface area contributed by atoms with Crippen LogP contribution in [0.1, 0.15) is 25.5 Å². The Balaban J connectivity index is 3.23. The number of sulfone groups is 1. The number of ether oxygens (including phenoxy) is 1. The highest BCUT2D eigenvalue weighted by molar-refractivity contribution is 7.92. The van der Waals surface area contributed by atoms with Crippen molar-refractivity contribution in [2.75, 3.05) is 13.4 Å². The Morgan fingerprint density at radius 2 is 1.94 bits per heavy atom. The predicted molar refractivity (Wildman–Crippen MR) is 73.9 cm³/mol. The van der Waals surface area contributed by atoms with Crippen molar-refractivity contribution >= 4 is 21.4 Å². The largest absolute Gasteiger partial charge is 0.495 e. The molecule has 18 heavy (non-hydrogen) atoms. The number of halogens is 1. The highest BCUT2D eigenvalue weighted by atomic mass is 35.5. The second-order valence-corrected chi connectivity index (χ2v) is 7.75. The molecule has 0 saturated carbocycles. The van der Waals surface area contributed by atoms with Crippen LogP contribution in [-0.2, 0) is 9.84 Å². The number of methoxy groups -OCH3 is 1. The molecule has 0 radical (unpaired) electrons. The average molecular weight is 292 g/mol. The molecule has 1 atom stereocenters. The first-order valence-corrected chi connectivity index (χ1v) is 7.67. The van der Waals surface area contributed by atoms with E-state index in [9.17, 15) is 8.42 Å². The van der Waals surface area contributed by atoms with Crippen molar-refractivity contribution in [3.8, 4) is 5.75 Å². The number of benzene rings is 1. The van der Waals surface area contributed by atoms with Gasteiger partial charge in [0.25, 0.3) is 0 Å². The molecule has 2 N–H and O–H groups in total. The van der Waals surface area contributed by atoms with Crippen molar-refractivity contribution in [2.45, 2.75) is 24.6 Å². The maximum atomic E-state index is 11.8. The van der Waals surface area contributed by atoms with Gasteiger partial charge in [0.15, 0.2) is 9.84 Å². The molecule has 0 saturated heterocycles. The van der Waals surface area contributed by atoms with Gasteiger partial charge in [-0.3, -0.25) is 0 Å². The minimum atomic E-state index is -3.28. The Kier molecular flexibility index (Phi) is 4.30. The first-order valence-electron chi connectivity index (χ1n) is 5.40. The summed E-state index contributed by atoms with van der Waals surface area (Å²) >= 11 is 5.92. The molecule has 6 heteroatoms. The summed E-state index contributed by atoms with van der Waals surface area (Å²) in [5.41, 5.74) is 6.73. The Labute approximate surface area is 113 Å². The molecule has 1 unspecified atom stereocenters. The van der Waals surface area contributed by atoms with Gasteiger partial charge in [0.1, 0.15) is 5.75 Å². The molecule has 0 spiro atoms. The van der Waals surface area contributed by atoms with Gasteiger partial charge in [-0.2, -0.15) is 0 Å². The van der Waals surface area contributed by atoms with E-state index in [0.717, 1.165) is 0 Å². The third-order valence-corrected chi connectivity index (χ3v) is 5.72. The minimum Gasteiger partial charge on any atom is -0.495 e. The summed E-state index contributed by atoms with van der Waals surface area (Å²) in [7, 11) is -1.78. The van der Waals surface area contributed by atoms with E-state index in [2.05, 4.69) is 0 Å². The molecule has 0 aromatic heterocycles. The molecule has 1 rings (SSSR count). The third-order valence-electron chi connectivity index (χ3n) is 3.24. The molecule has 0 fully saturated rings. The van der Waals surface area contributed by atoms with Gasteiger partial charge in [-0.05, 0) is 31.5 Å². The number of nitrogens with two attached hydrogens (primary N) is 1. The summed E-state index contributed by atoms with van der Waals surface area (Å²) < 4.78 is 27.5. The topological polar surface area (TPSA) is 69.4 Å². The summed E-state index contributed by atoms with van der Waals surface area (Å²) in [6.07, 6.45) is 1.18. The van der Waals surface area contributed by atoms with Crippen LogP contribution in [0.15, 0.2) is 18.2 Å². The molecule has 0 bridgehead atoms. The quantitative estimate of drug-likeness (QED) is 0.923. The third kappa shape index (κ3) is 2.79. The monoisotopic (exact) mass is 291 g/mol. The van der Waals surface area contributed by atoms with E-state index < -0.39 is 20.6 Å². The van der Waals surface area contributed by atoms with Gasteiger partial charge in [-0.15, -0.1) is 0 Å². The summed E-state index contributed by atoms with van der Waals surface area (Å²) in [5, 5.41) is 0.464. The maximum absolute atomic E-state index is 11.8. The number of hydrogen-bond acceptors (Lipinski definition) is 4. The maximum Gasteiger partial charge on any atom is 0.154 e. The van der Waals surface area contributed by atoms with Gasteiger partial charge < -0.3 is 10.5 Å². The first-order chi connectivity index (χ1) is 8.11. The van der Waals surface area contributed by atoms with E-state index in [-0.39, 0.29) is 0 Å². The van der Waals surface area contributed by atoms with Crippen LogP contribution in [0.5, 0.6) is 5.75 Å². The normalized spacial score (nSPS) is 14.3. The van der Waals surface area contributed by atoms with Crippen LogP contribution in [0.2, 0.25) is 5.02 Å². The van der Waals surface area contributed by atoms with E-state index in [1.54, 1.807) is 32.0 Å². The van der Waals surface area contributed by atoms with Gasteiger partial charge in [0.2, 0.25) is 0 Å². The van der Waals surface area contributed by atoms with E-state index in [1.807, 2.05) is 0 Å². The van der Waals surface area contributed by atoms with Crippen LogP contribution in [0.25, 0.3) is 0 Å². The summed E-state index contributed by atoms with van der Waals surface area (Å²) in [4.78, 5) is 0. The van der Waals surface area contributed by atoms with Gasteiger partial charge in [0.05, 0.1) is 16.9 Å². The van der Waals surface area contributed by atoms with Gasteiger partial charge in [-0.25, -0.2) is 8.42 Å². The van der Waals surface area contributed by atoms with E-state index in [1.165, 1.54) is 13.4 Å². The van der Waals surface area contributed by atoms with Crippen LogP contribution >= 0.6 is 11.6 Å². The van der Waals surface area contributed by atoms with Crippen LogP contribution in [0.4, 0.5) is 0 Å².